The van der Waals surface area contributed by atoms with E-state index in [1.807, 2.05) is 32.1 Å². The summed E-state index contributed by atoms with van der Waals surface area (Å²) in [5.74, 6) is 0.370. The number of nitrogens with zero attached hydrogens (tertiary/aromatic N) is 1. The van der Waals surface area contributed by atoms with E-state index in [1.54, 1.807) is 4.90 Å². The molecule has 0 aromatic heterocycles. The van der Waals surface area contributed by atoms with E-state index in [1.165, 1.54) is 0 Å². The van der Waals surface area contributed by atoms with Gasteiger partial charge in [0.25, 0.3) is 0 Å². The smallest absolute Gasteiger partial charge is 0.227 e. The average Bonchev–Trinajstić information content (AvgIpc) is 2.65. The van der Waals surface area contributed by atoms with Gasteiger partial charge in [-0.2, -0.15) is 0 Å². The highest BCUT2D eigenvalue weighted by molar-refractivity contribution is 5.99. The number of nitrogens with two attached hydrogens (primary N) is 1. The molecule has 1 aliphatic heterocycles. The fraction of sp³-hybridized carbons (Fsp3) is 0.357. The number of aryl methyl sites for hydroxylation is 2. The molecule has 1 amide bonds. The van der Waals surface area contributed by atoms with E-state index in [9.17, 15) is 4.79 Å². The molecule has 17 heavy (non-hydrogen) atoms. The van der Waals surface area contributed by atoms with Crippen molar-refractivity contribution in [1.29, 1.82) is 0 Å². The predicted molar refractivity (Wildman–Crippen MR) is 71.0 cm³/mol. The van der Waals surface area contributed by atoms with Crippen LogP contribution in [0, 0.1) is 19.8 Å². The molecule has 3 nitrogen and oxygen atoms in total. The summed E-state index contributed by atoms with van der Waals surface area (Å²) in [6.07, 6.45) is 2.38. The maximum Gasteiger partial charge on any atom is 0.227 e. The molecule has 1 aliphatic rings. The van der Waals surface area contributed by atoms with Crippen molar-refractivity contribution in [2.75, 3.05) is 17.2 Å². The number of benzene rings is 1. The van der Waals surface area contributed by atoms with Crippen LogP contribution in [0.3, 0.4) is 0 Å². The minimum absolute atomic E-state index is 0.131. The van der Waals surface area contributed by atoms with Crippen molar-refractivity contribution in [2.45, 2.75) is 20.3 Å². The lowest BCUT2D eigenvalue weighted by Crippen LogP contribution is -2.25. The molecule has 0 aliphatic carbocycles. The molecule has 0 spiro atoms. The number of carbonyl (C=O) groups excluding carboxylic acids is 1. The molecule has 1 heterocycles. The van der Waals surface area contributed by atoms with E-state index >= 15 is 0 Å². The van der Waals surface area contributed by atoms with Crippen molar-refractivity contribution in [3.8, 4) is 0 Å². The molecule has 1 fully saturated rings. The minimum Gasteiger partial charge on any atom is -0.397 e. The largest absolute Gasteiger partial charge is 0.397 e. The lowest BCUT2D eigenvalue weighted by atomic mass is 10.1. The number of anilines is 2. The summed E-state index contributed by atoms with van der Waals surface area (Å²) >= 11 is 0. The van der Waals surface area contributed by atoms with Crippen LogP contribution in [0.4, 0.5) is 11.4 Å². The van der Waals surface area contributed by atoms with Crippen molar-refractivity contribution in [3.63, 3.8) is 0 Å². The Morgan fingerprint density at radius 1 is 1.47 bits per heavy atom. The van der Waals surface area contributed by atoms with Crippen molar-refractivity contribution in [2.24, 2.45) is 5.92 Å². The molecule has 0 bridgehead atoms. The van der Waals surface area contributed by atoms with Crippen LogP contribution in [0.25, 0.3) is 0 Å². The second-order valence-corrected chi connectivity index (χ2v) is 4.72. The van der Waals surface area contributed by atoms with E-state index in [2.05, 4.69) is 6.58 Å². The van der Waals surface area contributed by atoms with Gasteiger partial charge in [0.15, 0.2) is 0 Å². The predicted octanol–water partition coefficient (Wildman–Crippen LogP) is 2.42. The van der Waals surface area contributed by atoms with Gasteiger partial charge in [0, 0.05) is 18.9 Å². The maximum atomic E-state index is 11.9. The summed E-state index contributed by atoms with van der Waals surface area (Å²) in [6, 6.07) is 4.01. The van der Waals surface area contributed by atoms with Crippen LogP contribution < -0.4 is 10.6 Å². The zero-order valence-corrected chi connectivity index (χ0v) is 10.4. The Kier molecular flexibility index (Phi) is 2.92. The minimum atomic E-state index is 0.131. The van der Waals surface area contributed by atoms with Crippen LogP contribution in [0.5, 0.6) is 0 Å². The Balaban J connectivity index is 2.41. The van der Waals surface area contributed by atoms with E-state index in [-0.39, 0.29) is 11.8 Å². The summed E-state index contributed by atoms with van der Waals surface area (Å²) < 4.78 is 0. The van der Waals surface area contributed by atoms with Gasteiger partial charge in [0.05, 0.1) is 11.4 Å². The van der Waals surface area contributed by atoms with Gasteiger partial charge in [-0.15, -0.1) is 6.58 Å². The van der Waals surface area contributed by atoms with E-state index in [0.29, 0.717) is 18.7 Å². The number of nitrogen functional groups attached to an aromatic ring is 1. The molecule has 1 aromatic rings. The van der Waals surface area contributed by atoms with Gasteiger partial charge in [-0.3, -0.25) is 4.79 Å². The molecule has 2 N–H and O–H groups in total. The second-order valence-electron chi connectivity index (χ2n) is 4.72. The molecule has 0 radical (unpaired) electrons. The lowest BCUT2D eigenvalue weighted by molar-refractivity contribution is -0.117. The zero-order chi connectivity index (χ0) is 12.6. The number of hydrogen-bond acceptors (Lipinski definition) is 2. The molecule has 90 valence electrons. The topological polar surface area (TPSA) is 46.3 Å². The van der Waals surface area contributed by atoms with Gasteiger partial charge < -0.3 is 10.6 Å². The summed E-state index contributed by atoms with van der Waals surface area (Å²) in [6.45, 7) is 8.43. The van der Waals surface area contributed by atoms with Gasteiger partial charge in [-0.1, -0.05) is 12.1 Å². The second kappa shape index (κ2) is 4.24. The fourth-order valence-corrected chi connectivity index (χ4v) is 2.31. The Hall–Kier alpha value is -1.77. The molecular weight excluding hydrogens is 212 g/mol. The molecule has 1 aromatic carbocycles. The highest BCUT2D eigenvalue weighted by atomic mass is 16.2. The lowest BCUT2D eigenvalue weighted by Gasteiger charge is -2.20. The van der Waals surface area contributed by atoms with E-state index in [4.69, 9.17) is 5.73 Å². The van der Waals surface area contributed by atoms with Crippen LogP contribution >= 0.6 is 0 Å². The monoisotopic (exact) mass is 230 g/mol. The molecular formula is C14H18N2O. The highest BCUT2D eigenvalue weighted by Gasteiger charge is 2.30. The van der Waals surface area contributed by atoms with Crippen molar-refractivity contribution in [1.82, 2.24) is 0 Å². The fourth-order valence-electron chi connectivity index (χ4n) is 2.31. The van der Waals surface area contributed by atoms with Gasteiger partial charge >= 0.3 is 0 Å². The maximum absolute atomic E-state index is 11.9. The Morgan fingerprint density at radius 2 is 2.18 bits per heavy atom. The SMILES string of the molecule is C=CC1CC(=O)N(c2cc(C)cc(C)c2N)C1. The summed E-state index contributed by atoms with van der Waals surface area (Å²) in [5, 5.41) is 0. The first kappa shape index (κ1) is 11.7. The van der Waals surface area contributed by atoms with Gasteiger partial charge in [-0.25, -0.2) is 0 Å². The average molecular weight is 230 g/mol. The number of rotatable bonds is 2. The van der Waals surface area contributed by atoms with Crippen LogP contribution in [-0.4, -0.2) is 12.5 Å². The quantitative estimate of drug-likeness (QED) is 0.626. The standard InChI is InChI=1S/C14H18N2O/c1-4-11-7-13(17)16(8-11)12-6-9(2)5-10(3)14(12)15/h4-6,11H,1,7-8,15H2,2-3H3. The van der Waals surface area contributed by atoms with Gasteiger partial charge in [0.1, 0.15) is 0 Å². The number of carbonyl (C=O) groups is 1. The third-order valence-corrected chi connectivity index (χ3v) is 3.29. The molecule has 3 heteroatoms. The molecule has 0 saturated carbocycles. The first-order valence-corrected chi connectivity index (χ1v) is 5.82. The Labute approximate surface area is 102 Å². The Bertz CT molecular complexity index is 479. The van der Waals surface area contributed by atoms with E-state index in [0.717, 1.165) is 16.8 Å². The number of hydrogen-bond donors (Lipinski definition) is 1. The van der Waals surface area contributed by atoms with Crippen LogP contribution in [0.1, 0.15) is 17.5 Å². The van der Waals surface area contributed by atoms with Crippen LogP contribution in [0.15, 0.2) is 24.8 Å². The zero-order valence-electron chi connectivity index (χ0n) is 10.4. The van der Waals surface area contributed by atoms with E-state index < -0.39 is 0 Å². The first-order chi connectivity index (χ1) is 8.02. The summed E-state index contributed by atoms with van der Waals surface area (Å²) in [5.41, 5.74) is 9.76. The third kappa shape index (κ3) is 2.05. The van der Waals surface area contributed by atoms with Crippen molar-refractivity contribution >= 4 is 17.3 Å². The summed E-state index contributed by atoms with van der Waals surface area (Å²) in [7, 11) is 0. The van der Waals surface area contributed by atoms with Gasteiger partial charge in [0.2, 0.25) is 5.91 Å². The first-order valence-electron chi connectivity index (χ1n) is 5.82. The molecule has 1 saturated heterocycles. The highest BCUT2D eigenvalue weighted by Crippen LogP contribution is 2.32. The van der Waals surface area contributed by atoms with Gasteiger partial charge in [-0.05, 0) is 31.0 Å². The molecule has 2 rings (SSSR count). The molecule has 1 unspecified atom stereocenters. The molecule has 1 atom stereocenters. The van der Waals surface area contributed by atoms with Crippen molar-refractivity contribution in [3.05, 3.63) is 35.9 Å². The number of amides is 1. The normalized spacial score (nSPS) is 19.8. The van der Waals surface area contributed by atoms with Crippen LogP contribution in [-0.2, 0) is 4.79 Å². The van der Waals surface area contributed by atoms with Crippen molar-refractivity contribution < 1.29 is 4.79 Å². The Morgan fingerprint density at radius 3 is 2.76 bits per heavy atom. The summed E-state index contributed by atoms with van der Waals surface area (Å²) in [4.78, 5) is 13.7. The third-order valence-electron chi connectivity index (χ3n) is 3.29. The van der Waals surface area contributed by atoms with Crippen LogP contribution in [0.2, 0.25) is 0 Å².